The van der Waals surface area contributed by atoms with Crippen LogP contribution in [0.25, 0.3) is 0 Å². The third kappa shape index (κ3) is 1.08. The third-order valence-electron chi connectivity index (χ3n) is 3.22. The zero-order valence-corrected chi connectivity index (χ0v) is 8.11. The van der Waals surface area contributed by atoms with E-state index < -0.39 is 0 Å². The molecule has 0 fully saturated rings. The molecule has 0 saturated carbocycles. The molecule has 14 heavy (non-hydrogen) atoms. The van der Waals surface area contributed by atoms with Gasteiger partial charge in [0.2, 0.25) is 0 Å². The number of para-hydroxylation sites is 1. The quantitative estimate of drug-likeness (QED) is 0.597. The zero-order chi connectivity index (χ0) is 9.54. The van der Waals surface area contributed by atoms with Gasteiger partial charge in [0.05, 0.1) is 0 Å². The molecule has 0 N–H and O–H groups in total. The SMILES string of the molecule is [CH]C1=CCN2c3ccccc3CC2C1. The molecule has 2 aliphatic rings. The van der Waals surface area contributed by atoms with Gasteiger partial charge in [0.25, 0.3) is 0 Å². The first-order valence-corrected chi connectivity index (χ1v) is 5.13. The first-order chi connectivity index (χ1) is 6.84. The maximum Gasteiger partial charge on any atom is 0.0405 e. The van der Waals surface area contributed by atoms with Gasteiger partial charge in [-0.25, -0.2) is 0 Å². The highest BCUT2D eigenvalue weighted by Gasteiger charge is 2.30. The van der Waals surface area contributed by atoms with Crippen molar-refractivity contribution in [2.75, 3.05) is 11.4 Å². The van der Waals surface area contributed by atoms with Crippen LogP contribution in [-0.2, 0) is 6.42 Å². The van der Waals surface area contributed by atoms with Crippen LogP contribution in [0, 0.1) is 6.92 Å². The third-order valence-corrected chi connectivity index (χ3v) is 3.22. The van der Waals surface area contributed by atoms with Gasteiger partial charge in [0.1, 0.15) is 0 Å². The van der Waals surface area contributed by atoms with Crippen molar-refractivity contribution < 1.29 is 0 Å². The molecule has 0 spiro atoms. The molecule has 0 aliphatic carbocycles. The number of hydrogen-bond donors (Lipinski definition) is 0. The van der Waals surface area contributed by atoms with Crippen molar-refractivity contribution in [3.8, 4) is 0 Å². The van der Waals surface area contributed by atoms with Crippen molar-refractivity contribution in [2.24, 2.45) is 0 Å². The molecule has 1 aromatic rings. The van der Waals surface area contributed by atoms with Gasteiger partial charge in [-0.3, -0.25) is 0 Å². The lowest BCUT2D eigenvalue weighted by Gasteiger charge is -2.30. The largest absolute Gasteiger partial charge is 0.364 e. The maximum absolute atomic E-state index is 5.86. The number of nitrogens with zero attached hydrogens (tertiary/aromatic N) is 1. The molecule has 1 atom stereocenters. The Hall–Kier alpha value is -1.24. The van der Waals surface area contributed by atoms with Gasteiger partial charge >= 0.3 is 0 Å². The predicted molar refractivity (Wildman–Crippen MR) is 58.3 cm³/mol. The summed E-state index contributed by atoms with van der Waals surface area (Å²) in [6.07, 6.45) is 4.32. The fourth-order valence-corrected chi connectivity index (χ4v) is 2.53. The van der Waals surface area contributed by atoms with Crippen LogP contribution in [0.1, 0.15) is 12.0 Å². The Morgan fingerprint density at radius 2 is 2.07 bits per heavy atom. The van der Waals surface area contributed by atoms with Gasteiger partial charge in [-0.1, -0.05) is 29.8 Å². The van der Waals surface area contributed by atoms with Crippen molar-refractivity contribution in [2.45, 2.75) is 18.9 Å². The van der Waals surface area contributed by atoms with Crippen molar-refractivity contribution in [1.29, 1.82) is 0 Å². The Morgan fingerprint density at radius 1 is 1.21 bits per heavy atom. The molecule has 1 heteroatoms. The number of benzene rings is 1. The average Bonchev–Trinajstić information content (AvgIpc) is 2.54. The van der Waals surface area contributed by atoms with Crippen molar-refractivity contribution >= 4 is 5.69 Å². The summed E-state index contributed by atoms with van der Waals surface area (Å²) in [5, 5.41) is 0. The maximum atomic E-state index is 5.86. The lowest BCUT2D eigenvalue weighted by molar-refractivity contribution is 0.622. The molecule has 70 valence electrons. The fourth-order valence-electron chi connectivity index (χ4n) is 2.53. The van der Waals surface area contributed by atoms with Gasteiger partial charge in [-0.2, -0.15) is 0 Å². The lowest BCUT2D eigenvalue weighted by atomic mass is 10.0. The molecule has 2 heterocycles. The van der Waals surface area contributed by atoms with Crippen LogP contribution >= 0.6 is 0 Å². The van der Waals surface area contributed by atoms with E-state index in [0.717, 1.165) is 25.0 Å². The van der Waals surface area contributed by atoms with Crippen molar-refractivity contribution in [1.82, 2.24) is 0 Å². The molecular weight excluding hydrogens is 170 g/mol. The minimum atomic E-state index is 0.609. The summed E-state index contributed by atoms with van der Waals surface area (Å²) in [4.78, 5) is 2.46. The topological polar surface area (TPSA) is 3.24 Å². The van der Waals surface area contributed by atoms with Crippen LogP contribution < -0.4 is 4.90 Å². The van der Waals surface area contributed by atoms with Gasteiger partial charge in [0, 0.05) is 18.3 Å². The van der Waals surface area contributed by atoms with E-state index in [0.29, 0.717) is 6.04 Å². The van der Waals surface area contributed by atoms with E-state index in [9.17, 15) is 0 Å². The second-order valence-corrected chi connectivity index (χ2v) is 4.12. The average molecular weight is 183 g/mol. The Morgan fingerprint density at radius 3 is 3.00 bits per heavy atom. The summed E-state index contributed by atoms with van der Waals surface area (Å²) in [6, 6.07) is 9.28. The van der Waals surface area contributed by atoms with Crippen LogP contribution in [0.5, 0.6) is 0 Å². The summed E-state index contributed by atoms with van der Waals surface area (Å²) in [7, 11) is 0. The minimum Gasteiger partial charge on any atom is -0.364 e. The summed E-state index contributed by atoms with van der Waals surface area (Å²) >= 11 is 0. The van der Waals surface area contributed by atoms with E-state index in [-0.39, 0.29) is 0 Å². The molecule has 1 aromatic carbocycles. The standard InChI is InChI=1S/C13H13N/c1-10-6-7-14-12(8-10)9-11-4-2-3-5-13(11)14/h1-6,12H,7-9H2. The Kier molecular flexibility index (Phi) is 1.66. The molecule has 1 unspecified atom stereocenters. The van der Waals surface area contributed by atoms with Gasteiger partial charge in [-0.05, 0) is 31.4 Å². The molecule has 2 aliphatic heterocycles. The molecule has 3 rings (SSSR count). The van der Waals surface area contributed by atoms with E-state index >= 15 is 0 Å². The summed E-state index contributed by atoms with van der Waals surface area (Å²) < 4.78 is 0. The minimum absolute atomic E-state index is 0.609. The molecule has 0 saturated heterocycles. The van der Waals surface area contributed by atoms with Gasteiger partial charge < -0.3 is 4.90 Å². The van der Waals surface area contributed by atoms with Crippen LogP contribution in [0.3, 0.4) is 0 Å². The van der Waals surface area contributed by atoms with E-state index in [4.69, 9.17) is 6.92 Å². The second kappa shape index (κ2) is 2.88. The molecule has 0 amide bonds. The number of anilines is 1. The van der Waals surface area contributed by atoms with Crippen LogP contribution in [0.4, 0.5) is 5.69 Å². The Labute approximate surface area is 85.0 Å². The van der Waals surface area contributed by atoms with Gasteiger partial charge in [-0.15, -0.1) is 0 Å². The smallest absolute Gasteiger partial charge is 0.0405 e. The van der Waals surface area contributed by atoms with Crippen molar-refractivity contribution in [3.63, 3.8) is 0 Å². The zero-order valence-electron chi connectivity index (χ0n) is 8.11. The highest BCUT2D eigenvalue weighted by molar-refractivity contribution is 5.61. The predicted octanol–water partition coefficient (Wildman–Crippen LogP) is 2.46. The number of fused-ring (bicyclic) bond motifs is 3. The fraction of sp³-hybridized carbons (Fsp3) is 0.308. The van der Waals surface area contributed by atoms with Crippen LogP contribution in [0.2, 0.25) is 0 Å². The van der Waals surface area contributed by atoms with E-state index in [1.54, 1.807) is 0 Å². The normalized spacial score (nSPS) is 24.2. The second-order valence-electron chi connectivity index (χ2n) is 4.12. The molecule has 0 bridgehead atoms. The van der Waals surface area contributed by atoms with E-state index in [2.05, 4.69) is 35.2 Å². The number of rotatable bonds is 0. The van der Waals surface area contributed by atoms with Crippen molar-refractivity contribution in [3.05, 3.63) is 48.4 Å². The van der Waals surface area contributed by atoms with E-state index in [1.807, 2.05) is 0 Å². The molecule has 0 aromatic heterocycles. The van der Waals surface area contributed by atoms with Crippen LogP contribution in [-0.4, -0.2) is 12.6 Å². The van der Waals surface area contributed by atoms with Crippen LogP contribution in [0.15, 0.2) is 35.9 Å². The first-order valence-electron chi connectivity index (χ1n) is 5.13. The molecule has 2 radical (unpaired) electrons. The monoisotopic (exact) mass is 183 g/mol. The summed E-state index contributed by atoms with van der Waals surface area (Å²) in [5.74, 6) is 0. The Bertz CT molecular complexity index is 392. The Balaban J connectivity index is 2.00. The lowest BCUT2D eigenvalue weighted by Crippen LogP contribution is -2.35. The highest BCUT2D eigenvalue weighted by Crippen LogP contribution is 2.36. The molecular formula is C13H13N. The highest BCUT2D eigenvalue weighted by atomic mass is 15.2. The number of hydrogen-bond acceptors (Lipinski definition) is 1. The van der Waals surface area contributed by atoms with E-state index in [1.165, 1.54) is 11.3 Å². The molecule has 1 nitrogen and oxygen atoms in total. The summed E-state index contributed by atoms with van der Waals surface area (Å²) in [5.41, 5.74) is 3.93. The first kappa shape index (κ1) is 8.10. The summed E-state index contributed by atoms with van der Waals surface area (Å²) in [6.45, 7) is 6.84. The van der Waals surface area contributed by atoms with Gasteiger partial charge in [0.15, 0.2) is 0 Å².